The Kier molecular flexibility index (Phi) is 12.1. The molecular formula is C19H35N3O. The number of carbonyl (C=O) groups is 1. The van der Waals surface area contributed by atoms with Gasteiger partial charge in [0.25, 0.3) is 0 Å². The van der Waals surface area contributed by atoms with E-state index in [1.807, 2.05) is 50.9 Å². The zero-order chi connectivity index (χ0) is 17.7. The van der Waals surface area contributed by atoms with Gasteiger partial charge in [0.05, 0.1) is 0 Å². The maximum Gasteiger partial charge on any atom is 0.321 e. The molecular weight excluding hydrogens is 286 g/mol. The number of amides is 2. The molecule has 1 saturated heterocycles. The topological polar surface area (TPSA) is 35.6 Å². The number of urea groups is 1. The first-order chi connectivity index (χ1) is 11.2. The van der Waals surface area contributed by atoms with Gasteiger partial charge in [-0.1, -0.05) is 52.5 Å². The number of hydrogen-bond acceptors (Lipinski definition) is 2. The highest BCUT2D eigenvalue weighted by atomic mass is 16.2. The van der Waals surface area contributed by atoms with Crippen LogP contribution in [0, 0.1) is 0 Å². The summed E-state index contributed by atoms with van der Waals surface area (Å²) in [5, 5.41) is 2.89. The fourth-order valence-corrected chi connectivity index (χ4v) is 2.64. The summed E-state index contributed by atoms with van der Waals surface area (Å²) in [5.74, 6) is 0. The van der Waals surface area contributed by atoms with Crippen molar-refractivity contribution in [2.45, 2.75) is 53.0 Å². The molecule has 2 heterocycles. The first-order valence-electron chi connectivity index (χ1n) is 8.94. The normalized spacial score (nSPS) is 19.6. The summed E-state index contributed by atoms with van der Waals surface area (Å²) in [7, 11) is 2.14. The van der Waals surface area contributed by atoms with Crippen LogP contribution in [0.3, 0.4) is 0 Å². The molecule has 0 aromatic carbocycles. The number of hydrogen-bond donors (Lipinski definition) is 1. The van der Waals surface area contributed by atoms with Crippen LogP contribution < -0.4 is 5.32 Å². The molecule has 0 unspecified atom stereocenters. The third kappa shape index (κ3) is 7.51. The van der Waals surface area contributed by atoms with E-state index in [4.69, 9.17) is 0 Å². The van der Waals surface area contributed by atoms with Crippen LogP contribution in [0.2, 0.25) is 0 Å². The van der Waals surface area contributed by atoms with Crippen LogP contribution in [0.4, 0.5) is 4.79 Å². The van der Waals surface area contributed by atoms with Gasteiger partial charge in [-0.2, -0.15) is 0 Å². The van der Waals surface area contributed by atoms with Crippen LogP contribution in [0.15, 0.2) is 36.6 Å². The summed E-state index contributed by atoms with van der Waals surface area (Å²) in [6.45, 7) is 14.6. The van der Waals surface area contributed by atoms with E-state index in [2.05, 4.69) is 23.8 Å². The Morgan fingerprint density at radius 2 is 1.78 bits per heavy atom. The first-order valence-corrected chi connectivity index (χ1v) is 8.94. The first kappa shape index (κ1) is 21.4. The van der Waals surface area contributed by atoms with Crippen LogP contribution in [-0.2, 0) is 0 Å². The van der Waals surface area contributed by atoms with Crippen LogP contribution in [0.25, 0.3) is 0 Å². The lowest BCUT2D eigenvalue weighted by molar-refractivity contribution is 0.136. The van der Waals surface area contributed by atoms with E-state index < -0.39 is 0 Å². The molecule has 23 heavy (non-hydrogen) atoms. The van der Waals surface area contributed by atoms with Crippen molar-refractivity contribution in [3.63, 3.8) is 0 Å². The predicted octanol–water partition coefficient (Wildman–Crippen LogP) is 4.17. The summed E-state index contributed by atoms with van der Waals surface area (Å²) in [6.07, 6.45) is 10.5. The zero-order valence-electron chi connectivity index (χ0n) is 15.6. The predicted molar refractivity (Wildman–Crippen MR) is 100 cm³/mol. The molecule has 0 spiro atoms. The van der Waals surface area contributed by atoms with Gasteiger partial charge in [-0.15, -0.1) is 0 Å². The third-order valence-electron chi connectivity index (χ3n) is 3.86. The van der Waals surface area contributed by atoms with E-state index in [1.54, 1.807) is 6.08 Å². The van der Waals surface area contributed by atoms with Crippen molar-refractivity contribution in [3.8, 4) is 0 Å². The van der Waals surface area contributed by atoms with Crippen molar-refractivity contribution < 1.29 is 4.79 Å². The van der Waals surface area contributed by atoms with Crippen LogP contribution >= 0.6 is 0 Å². The third-order valence-corrected chi connectivity index (χ3v) is 3.86. The Hall–Kier alpha value is -1.55. The second-order valence-corrected chi connectivity index (χ2v) is 5.24. The molecule has 0 aromatic heterocycles. The average Bonchev–Trinajstić information content (AvgIpc) is 2.79. The van der Waals surface area contributed by atoms with E-state index in [9.17, 15) is 4.79 Å². The highest BCUT2D eigenvalue weighted by Crippen LogP contribution is 2.19. The molecule has 0 radical (unpaired) electrons. The van der Waals surface area contributed by atoms with Crippen LogP contribution in [0.1, 0.15) is 47.0 Å². The highest BCUT2D eigenvalue weighted by Gasteiger charge is 2.27. The lowest BCUT2D eigenvalue weighted by atomic mass is 10.0. The molecule has 132 valence electrons. The van der Waals surface area contributed by atoms with Crippen LogP contribution in [-0.4, -0.2) is 48.6 Å². The molecule has 0 bridgehead atoms. The smallest absolute Gasteiger partial charge is 0.321 e. The standard InChI is InChI=1S/C15H23N3O.2C2H6/c1-3-4-5-13-6-11-18(15(19)16-12-13)14-7-9-17(2)10-8-14;2*1-2/h3-5,12,14H,1,6-11H2,2H3,(H,16,19);2*1-2H3/b5-4-;;. The molecule has 0 aromatic rings. The largest absolute Gasteiger partial charge is 0.321 e. The van der Waals surface area contributed by atoms with Crippen molar-refractivity contribution in [2.24, 2.45) is 0 Å². The minimum Gasteiger partial charge on any atom is -0.321 e. The lowest BCUT2D eigenvalue weighted by Gasteiger charge is -2.36. The Morgan fingerprint density at radius 1 is 1.17 bits per heavy atom. The maximum absolute atomic E-state index is 12.1. The number of likely N-dealkylation sites (tertiary alicyclic amines) is 1. The van der Waals surface area contributed by atoms with Gasteiger partial charge in [0.1, 0.15) is 0 Å². The minimum atomic E-state index is 0.0385. The van der Waals surface area contributed by atoms with Gasteiger partial charge in [0.2, 0.25) is 0 Å². The number of piperidine rings is 1. The summed E-state index contributed by atoms with van der Waals surface area (Å²) < 4.78 is 0. The summed E-state index contributed by atoms with van der Waals surface area (Å²) in [4.78, 5) is 16.4. The van der Waals surface area contributed by atoms with Crippen molar-refractivity contribution >= 4 is 6.03 Å². The minimum absolute atomic E-state index is 0.0385. The molecule has 1 fully saturated rings. The fraction of sp³-hybridized carbons (Fsp3) is 0.632. The number of allylic oxidation sites excluding steroid dienone is 3. The molecule has 4 nitrogen and oxygen atoms in total. The zero-order valence-corrected chi connectivity index (χ0v) is 15.6. The Balaban J connectivity index is 0.00000112. The van der Waals surface area contributed by atoms with Crippen molar-refractivity contribution in [3.05, 3.63) is 36.6 Å². The van der Waals surface area contributed by atoms with Gasteiger partial charge in [0.15, 0.2) is 0 Å². The molecule has 2 rings (SSSR count). The Bertz CT molecular complexity index is 393. The highest BCUT2D eigenvalue weighted by molar-refractivity contribution is 5.76. The second-order valence-electron chi connectivity index (χ2n) is 5.24. The van der Waals surface area contributed by atoms with Crippen molar-refractivity contribution in [2.75, 3.05) is 26.7 Å². The van der Waals surface area contributed by atoms with Gasteiger partial charge >= 0.3 is 6.03 Å². The summed E-state index contributed by atoms with van der Waals surface area (Å²) >= 11 is 0. The molecule has 1 N–H and O–H groups in total. The molecule has 2 amide bonds. The van der Waals surface area contributed by atoms with E-state index >= 15 is 0 Å². The van der Waals surface area contributed by atoms with Crippen LogP contribution in [0.5, 0.6) is 0 Å². The maximum atomic E-state index is 12.1. The van der Waals surface area contributed by atoms with Gasteiger partial charge in [-0.25, -0.2) is 4.79 Å². The second kappa shape index (κ2) is 12.9. The molecule has 0 atom stereocenters. The average molecular weight is 322 g/mol. The van der Waals surface area contributed by atoms with E-state index in [-0.39, 0.29) is 6.03 Å². The Morgan fingerprint density at radius 3 is 2.35 bits per heavy atom. The Labute approximate surface area is 142 Å². The number of carbonyl (C=O) groups excluding carboxylic acids is 1. The van der Waals surface area contributed by atoms with E-state index in [0.29, 0.717) is 6.04 Å². The van der Waals surface area contributed by atoms with E-state index in [0.717, 1.165) is 44.5 Å². The lowest BCUT2D eigenvalue weighted by Crippen LogP contribution is -2.48. The van der Waals surface area contributed by atoms with E-state index in [1.165, 1.54) is 0 Å². The number of nitrogens with zero attached hydrogens (tertiary/aromatic N) is 2. The fourth-order valence-electron chi connectivity index (χ4n) is 2.64. The molecule has 4 heteroatoms. The van der Waals surface area contributed by atoms with Gasteiger partial charge in [-0.05, 0) is 45.0 Å². The van der Waals surface area contributed by atoms with Crippen molar-refractivity contribution in [1.82, 2.24) is 15.1 Å². The van der Waals surface area contributed by atoms with Crippen molar-refractivity contribution in [1.29, 1.82) is 0 Å². The van der Waals surface area contributed by atoms with Gasteiger partial charge in [0, 0.05) is 18.8 Å². The molecule has 2 aliphatic rings. The quantitative estimate of drug-likeness (QED) is 0.792. The summed E-state index contributed by atoms with van der Waals surface area (Å²) in [6, 6.07) is 0.420. The number of rotatable bonds is 3. The SMILES string of the molecule is C=C/C=C\C1=CNC(=O)N(C2CCN(C)CC2)CC1.CC.CC. The summed E-state index contributed by atoms with van der Waals surface area (Å²) in [5.41, 5.74) is 1.14. The molecule has 2 aliphatic heterocycles. The molecule has 0 aliphatic carbocycles. The van der Waals surface area contributed by atoms with Gasteiger partial charge in [-0.3, -0.25) is 0 Å². The molecule has 0 saturated carbocycles. The monoisotopic (exact) mass is 321 g/mol. The number of nitrogens with one attached hydrogen (secondary N) is 1. The van der Waals surface area contributed by atoms with Gasteiger partial charge < -0.3 is 15.1 Å².